The normalized spacial score (nSPS) is 13.2. The lowest BCUT2D eigenvalue weighted by molar-refractivity contribution is 0.279. The van der Waals surface area contributed by atoms with Gasteiger partial charge in [0, 0.05) is 24.8 Å². The lowest BCUT2D eigenvalue weighted by Gasteiger charge is -2.23. The van der Waals surface area contributed by atoms with Gasteiger partial charge in [0.1, 0.15) is 0 Å². The van der Waals surface area contributed by atoms with E-state index in [-0.39, 0.29) is 5.84 Å². The Morgan fingerprint density at radius 1 is 1.62 bits per heavy atom. The summed E-state index contributed by atoms with van der Waals surface area (Å²) < 4.78 is 0. The second kappa shape index (κ2) is 7.21. The van der Waals surface area contributed by atoms with E-state index in [9.17, 15) is 0 Å². The van der Waals surface area contributed by atoms with Gasteiger partial charge in [0.15, 0.2) is 0 Å². The third-order valence-electron chi connectivity index (χ3n) is 2.06. The van der Waals surface area contributed by atoms with Crippen LogP contribution in [-0.2, 0) is 0 Å². The predicted octanol–water partition coefficient (Wildman–Crippen LogP) is 1.39. The minimum atomic E-state index is 0.280. The molecule has 0 bridgehead atoms. The lowest BCUT2D eigenvalue weighted by Crippen LogP contribution is -2.34. The van der Waals surface area contributed by atoms with Crippen LogP contribution in [0.25, 0.3) is 0 Å². The first-order valence-corrected chi connectivity index (χ1v) is 5.84. The summed E-state index contributed by atoms with van der Waals surface area (Å²) in [5, 5.41) is 7.18. The number of nitrogens with one attached hydrogen (secondary N) is 1. The molecule has 1 atom stereocenters. The largest absolute Gasteiger partial charge is 0.388 e. The van der Waals surface area contributed by atoms with Gasteiger partial charge < -0.3 is 10.6 Å². The molecule has 78 valence electrons. The molecule has 4 heteroatoms. The molecule has 13 heavy (non-hydrogen) atoms. The molecule has 0 heterocycles. The fourth-order valence-corrected chi connectivity index (χ4v) is 1.75. The van der Waals surface area contributed by atoms with E-state index in [1.165, 1.54) is 5.75 Å². The molecule has 1 unspecified atom stereocenters. The van der Waals surface area contributed by atoms with Gasteiger partial charge in [0.25, 0.3) is 0 Å². The number of rotatable bonds is 7. The van der Waals surface area contributed by atoms with Crippen LogP contribution in [0.5, 0.6) is 0 Å². The van der Waals surface area contributed by atoms with Gasteiger partial charge in [0.05, 0.1) is 5.84 Å². The van der Waals surface area contributed by atoms with Gasteiger partial charge in [-0.1, -0.05) is 6.92 Å². The number of nitrogens with two attached hydrogens (primary N) is 1. The Labute approximate surface area is 85.6 Å². The molecule has 0 saturated heterocycles. The quantitative estimate of drug-likeness (QED) is 0.373. The van der Waals surface area contributed by atoms with Crippen LogP contribution in [0.3, 0.4) is 0 Å². The molecule has 0 spiro atoms. The van der Waals surface area contributed by atoms with Crippen LogP contribution in [0.2, 0.25) is 0 Å². The van der Waals surface area contributed by atoms with Gasteiger partial charge in [-0.15, -0.1) is 0 Å². The molecule has 0 amide bonds. The first-order chi connectivity index (χ1) is 6.07. The van der Waals surface area contributed by atoms with Crippen molar-refractivity contribution in [2.75, 3.05) is 25.1 Å². The van der Waals surface area contributed by atoms with Crippen molar-refractivity contribution in [1.82, 2.24) is 4.90 Å². The number of hydrogen-bond acceptors (Lipinski definition) is 3. The van der Waals surface area contributed by atoms with E-state index >= 15 is 0 Å². The maximum Gasteiger partial charge on any atom is 0.0920 e. The number of amidine groups is 1. The molecule has 0 aliphatic heterocycles. The Kier molecular flexibility index (Phi) is 7.09. The number of thioether (sulfide) groups is 1. The van der Waals surface area contributed by atoms with E-state index in [4.69, 9.17) is 11.1 Å². The maximum absolute atomic E-state index is 7.18. The highest BCUT2D eigenvalue weighted by Gasteiger charge is 2.09. The van der Waals surface area contributed by atoms with Crippen LogP contribution in [0, 0.1) is 5.41 Å². The Morgan fingerprint density at radius 2 is 2.23 bits per heavy atom. The van der Waals surface area contributed by atoms with E-state index < -0.39 is 0 Å². The summed E-state index contributed by atoms with van der Waals surface area (Å²) in [6, 6.07) is 0.384. The SMILES string of the molecule is CCSCCN(C)C(C)CC(=N)N. The fourth-order valence-electron chi connectivity index (χ4n) is 1.05. The Balaban J connectivity index is 3.56. The van der Waals surface area contributed by atoms with Crippen LogP contribution in [0.15, 0.2) is 0 Å². The zero-order valence-electron chi connectivity index (χ0n) is 8.84. The average molecular weight is 203 g/mol. The summed E-state index contributed by atoms with van der Waals surface area (Å²) in [7, 11) is 2.09. The van der Waals surface area contributed by atoms with Gasteiger partial charge >= 0.3 is 0 Å². The molecule has 0 aromatic heterocycles. The van der Waals surface area contributed by atoms with E-state index in [2.05, 4.69) is 25.8 Å². The Bertz CT molecular complexity index is 150. The van der Waals surface area contributed by atoms with Crippen molar-refractivity contribution in [2.45, 2.75) is 26.3 Å². The first-order valence-electron chi connectivity index (χ1n) is 4.68. The average Bonchev–Trinajstić information content (AvgIpc) is 2.03. The minimum absolute atomic E-state index is 0.280. The summed E-state index contributed by atoms with van der Waals surface area (Å²) in [4.78, 5) is 2.25. The summed E-state index contributed by atoms with van der Waals surface area (Å²) >= 11 is 1.95. The zero-order chi connectivity index (χ0) is 10.3. The molecular weight excluding hydrogens is 182 g/mol. The van der Waals surface area contributed by atoms with Crippen molar-refractivity contribution in [3.63, 3.8) is 0 Å². The number of nitrogens with zero attached hydrogens (tertiary/aromatic N) is 1. The molecule has 0 aromatic rings. The second-order valence-corrected chi connectivity index (χ2v) is 4.65. The van der Waals surface area contributed by atoms with Gasteiger partial charge in [0.2, 0.25) is 0 Å². The van der Waals surface area contributed by atoms with Crippen LogP contribution in [0.4, 0.5) is 0 Å². The van der Waals surface area contributed by atoms with Crippen molar-refractivity contribution in [3.05, 3.63) is 0 Å². The highest BCUT2D eigenvalue weighted by Crippen LogP contribution is 2.04. The molecule has 0 rings (SSSR count). The highest BCUT2D eigenvalue weighted by atomic mass is 32.2. The Hall–Kier alpha value is -0.220. The van der Waals surface area contributed by atoms with E-state index in [0.717, 1.165) is 12.3 Å². The van der Waals surface area contributed by atoms with Crippen molar-refractivity contribution in [1.29, 1.82) is 5.41 Å². The minimum Gasteiger partial charge on any atom is -0.388 e. The molecule has 0 radical (unpaired) electrons. The Morgan fingerprint density at radius 3 is 2.69 bits per heavy atom. The molecule has 3 nitrogen and oxygen atoms in total. The molecule has 0 fully saturated rings. The van der Waals surface area contributed by atoms with Crippen LogP contribution < -0.4 is 5.73 Å². The van der Waals surface area contributed by atoms with Gasteiger partial charge in [-0.3, -0.25) is 5.41 Å². The van der Waals surface area contributed by atoms with E-state index in [0.29, 0.717) is 12.5 Å². The molecule has 0 saturated carbocycles. The van der Waals surface area contributed by atoms with Crippen molar-refractivity contribution in [3.8, 4) is 0 Å². The maximum atomic E-state index is 7.18. The van der Waals surface area contributed by atoms with Crippen molar-refractivity contribution in [2.24, 2.45) is 5.73 Å². The highest BCUT2D eigenvalue weighted by molar-refractivity contribution is 7.99. The third kappa shape index (κ3) is 6.90. The summed E-state index contributed by atoms with van der Waals surface area (Å²) in [6.45, 7) is 5.36. The molecule has 0 aromatic carbocycles. The van der Waals surface area contributed by atoms with Crippen molar-refractivity contribution < 1.29 is 0 Å². The zero-order valence-corrected chi connectivity index (χ0v) is 9.66. The molecule has 3 N–H and O–H groups in total. The van der Waals surface area contributed by atoms with Crippen LogP contribution in [0.1, 0.15) is 20.3 Å². The molecule has 0 aliphatic rings. The third-order valence-corrected chi connectivity index (χ3v) is 2.94. The lowest BCUT2D eigenvalue weighted by atomic mass is 10.2. The van der Waals surface area contributed by atoms with Gasteiger partial charge in [-0.05, 0) is 19.7 Å². The predicted molar refractivity (Wildman–Crippen MR) is 61.6 cm³/mol. The molecule has 0 aliphatic carbocycles. The standard InChI is InChI=1S/C9H21N3S/c1-4-13-6-5-12(3)8(2)7-9(10)11/h8H,4-7H2,1-3H3,(H3,10,11). The smallest absolute Gasteiger partial charge is 0.0920 e. The molecular formula is C9H21N3S. The van der Waals surface area contributed by atoms with E-state index in [1.54, 1.807) is 0 Å². The van der Waals surface area contributed by atoms with Gasteiger partial charge in [-0.25, -0.2) is 0 Å². The van der Waals surface area contributed by atoms with Crippen molar-refractivity contribution >= 4 is 17.6 Å². The van der Waals surface area contributed by atoms with Crippen LogP contribution in [-0.4, -0.2) is 41.9 Å². The first kappa shape index (κ1) is 12.8. The number of hydrogen-bond donors (Lipinski definition) is 2. The summed E-state index contributed by atoms with van der Waals surface area (Å²) in [6.07, 6.45) is 0.674. The monoisotopic (exact) mass is 203 g/mol. The topological polar surface area (TPSA) is 53.1 Å². The van der Waals surface area contributed by atoms with Crippen LogP contribution >= 0.6 is 11.8 Å². The fraction of sp³-hybridized carbons (Fsp3) is 0.889. The van der Waals surface area contributed by atoms with E-state index in [1.807, 2.05) is 11.8 Å². The second-order valence-electron chi connectivity index (χ2n) is 3.26. The van der Waals surface area contributed by atoms with Gasteiger partial charge in [-0.2, -0.15) is 11.8 Å². The summed E-state index contributed by atoms with van der Waals surface area (Å²) in [5.74, 6) is 2.62. The summed E-state index contributed by atoms with van der Waals surface area (Å²) in [5.41, 5.74) is 5.34.